The van der Waals surface area contributed by atoms with E-state index in [4.69, 9.17) is 0 Å². The topological polar surface area (TPSA) is 12.0 Å². The second-order valence-electron chi connectivity index (χ2n) is 7.35. The predicted molar refractivity (Wildman–Crippen MR) is 127 cm³/mol. The van der Waals surface area contributed by atoms with Gasteiger partial charge in [0.15, 0.2) is 0 Å². The van der Waals surface area contributed by atoms with Crippen LogP contribution in [0.15, 0.2) is 91.0 Å². The van der Waals surface area contributed by atoms with E-state index in [1.165, 1.54) is 47.8 Å². The predicted octanol–water partition coefficient (Wildman–Crippen LogP) is 5.15. The van der Waals surface area contributed by atoms with Crippen LogP contribution in [0.1, 0.15) is 32.6 Å². The van der Waals surface area contributed by atoms with E-state index in [1.54, 1.807) is 0 Å². The van der Waals surface area contributed by atoms with E-state index in [1.807, 2.05) is 0 Å². The normalized spacial score (nSPS) is 11.5. The molecule has 0 bridgehead atoms. The van der Waals surface area contributed by atoms with Gasteiger partial charge in [0.2, 0.25) is 0 Å². The Bertz CT molecular complexity index is 690. The van der Waals surface area contributed by atoms with Crippen molar-refractivity contribution in [1.82, 2.24) is 5.32 Å². The number of hydrogen-bond acceptors (Lipinski definition) is 1. The molecular weight excluding hydrogens is 357 g/mol. The van der Waals surface area contributed by atoms with E-state index in [0.29, 0.717) is 0 Å². The van der Waals surface area contributed by atoms with Crippen molar-refractivity contribution in [2.75, 3.05) is 19.3 Å². The third-order valence-electron chi connectivity index (χ3n) is 5.40. The lowest BCUT2D eigenvalue weighted by Gasteiger charge is -2.27. The molecule has 0 atom stereocenters. The van der Waals surface area contributed by atoms with Gasteiger partial charge in [0.1, 0.15) is 23.2 Å². The molecule has 146 valence electrons. The summed E-state index contributed by atoms with van der Waals surface area (Å²) in [6, 6.07) is 33.6. The molecule has 0 fully saturated rings. The number of benzene rings is 3. The molecule has 3 rings (SSSR count). The van der Waals surface area contributed by atoms with Crippen LogP contribution >= 0.6 is 7.26 Å². The van der Waals surface area contributed by atoms with Crippen LogP contribution in [-0.2, 0) is 0 Å². The van der Waals surface area contributed by atoms with Gasteiger partial charge >= 0.3 is 0 Å². The molecule has 0 heterocycles. The first-order valence-electron chi connectivity index (χ1n) is 10.6. The van der Waals surface area contributed by atoms with Gasteiger partial charge in [0.25, 0.3) is 0 Å². The Morgan fingerprint density at radius 1 is 0.571 bits per heavy atom. The van der Waals surface area contributed by atoms with Gasteiger partial charge in [-0.15, -0.1) is 0 Å². The average molecular weight is 391 g/mol. The molecule has 3 aromatic rings. The number of nitrogens with one attached hydrogen (secondary N) is 1. The third-order valence-corrected chi connectivity index (χ3v) is 9.92. The molecule has 1 nitrogen and oxygen atoms in total. The van der Waals surface area contributed by atoms with E-state index < -0.39 is 7.26 Å². The minimum absolute atomic E-state index is 1.10. The zero-order chi connectivity index (χ0) is 19.5. The fraction of sp³-hybridized carbons (Fsp3) is 0.308. The lowest BCUT2D eigenvalue weighted by atomic mass is 10.2. The van der Waals surface area contributed by atoms with Crippen molar-refractivity contribution >= 4 is 23.2 Å². The second kappa shape index (κ2) is 11.1. The van der Waals surface area contributed by atoms with Gasteiger partial charge in [0, 0.05) is 0 Å². The van der Waals surface area contributed by atoms with Crippen molar-refractivity contribution in [3.8, 4) is 0 Å². The largest absolute Gasteiger partial charge is 0.317 e. The summed E-state index contributed by atoms with van der Waals surface area (Å²) in [6.07, 6.45) is 6.28. The fourth-order valence-corrected chi connectivity index (χ4v) is 8.29. The zero-order valence-electron chi connectivity index (χ0n) is 17.1. The molecule has 0 aliphatic carbocycles. The maximum Gasteiger partial charge on any atom is 0.112 e. The van der Waals surface area contributed by atoms with Crippen molar-refractivity contribution in [2.45, 2.75) is 32.6 Å². The molecular formula is C26H33NP+. The van der Waals surface area contributed by atoms with Gasteiger partial charge < -0.3 is 5.32 Å². The Labute approximate surface area is 171 Å². The van der Waals surface area contributed by atoms with E-state index in [9.17, 15) is 0 Å². The first kappa shape index (κ1) is 20.8. The lowest BCUT2D eigenvalue weighted by molar-refractivity contribution is 0.612. The lowest BCUT2D eigenvalue weighted by Crippen LogP contribution is -2.34. The Kier molecular flexibility index (Phi) is 8.27. The molecule has 28 heavy (non-hydrogen) atoms. The molecule has 2 heteroatoms. The molecule has 0 aliphatic heterocycles. The van der Waals surface area contributed by atoms with Crippen molar-refractivity contribution in [3.05, 3.63) is 91.0 Å². The van der Waals surface area contributed by atoms with Crippen molar-refractivity contribution in [3.63, 3.8) is 0 Å². The molecule has 0 spiro atoms. The van der Waals surface area contributed by atoms with Gasteiger partial charge in [-0.05, 0) is 62.3 Å². The maximum atomic E-state index is 3.66. The van der Waals surface area contributed by atoms with Crippen LogP contribution < -0.4 is 21.2 Å². The maximum absolute atomic E-state index is 3.66. The number of rotatable bonds is 11. The van der Waals surface area contributed by atoms with E-state index in [0.717, 1.165) is 13.1 Å². The van der Waals surface area contributed by atoms with Crippen molar-refractivity contribution < 1.29 is 0 Å². The fourth-order valence-electron chi connectivity index (χ4n) is 3.95. The molecule has 0 radical (unpaired) electrons. The minimum atomic E-state index is -1.65. The Morgan fingerprint density at radius 2 is 1.00 bits per heavy atom. The monoisotopic (exact) mass is 390 g/mol. The van der Waals surface area contributed by atoms with Crippen LogP contribution in [0, 0.1) is 0 Å². The molecule has 1 N–H and O–H groups in total. The smallest absolute Gasteiger partial charge is 0.112 e. The second-order valence-corrected chi connectivity index (χ2v) is 11.0. The van der Waals surface area contributed by atoms with E-state index >= 15 is 0 Å². The standard InChI is InChI=1S/C26H33NP/c1-2-3-13-21-27-22-14-23-28(24-15-7-4-8-16-24,25-17-9-5-10-18-25)26-19-11-6-12-20-26/h4-12,15-20,27H,2-3,13-14,21-23H2,1H3/q+1. The molecule has 0 amide bonds. The molecule has 0 aromatic heterocycles. The summed E-state index contributed by atoms with van der Waals surface area (Å²) in [6.45, 7) is 4.50. The molecule has 3 aromatic carbocycles. The van der Waals surface area contributed by atoms with Crippen molar-refractivity contribution in [2.24, 2.45) is 0 Å². The highest BCUT2D eigenvalue weighted by atomic mass is 31.2. The van der Waals surface area contributed by atoms with Gasteiger partial charge in [0.05, 0.1) is 6.16 Å². The minimum Gasteiger partial charge on any atom is -0.317 e. The summed E-state index contributed by atoms with van der Waals surface area (Å²) in [5.74, 6) is 0. The van der Waals surface area contributed by atoms with Gasteiger partial charge in [-0.25, -0.2) is 0 Å². The van der Waals surface area contributed by atoms with Crippen LogP contribution in [0.2, 0.25) is 0 Å². The third kappa shape index (κ3) is 5.10. The zero-order valence-corrected chi connectivity index (χ0v) is 18.0. The Morgan fingerprint density at radius 3 is 1.43 bits per heavy atom. The van der Waals surface area contributed by atoms with Crippen LogP contribution in [0.25, 0.3) is 0 Å². The molecule has 0 saturated carbocycles. The van der Waals surface area contributed by atoms with Crippen molar-refractivity contribution in [1.29, 1.82) is 0 Å². The summed E-state index contributed by atoms with van der Waals surface area (Å²) < 4.78 is 0. The average Bonchev–Trinajstić information content (AvgIpc) is 2.78. The summed E-state index contributed by atoms with van der Waals surface area (Å²) in [5.41, 5.74) is 0. The Hall–Kier alpha value is -1.95. The summed E-state index contributed by atoms with van der Waals surface area (Å²) in [4.78, 5) is 0. The SMILES string of the molecule is CCCCCNCCC[P+](c1ccccc1)(c1ccccc1)c1ccccc1. The number of hydrogen-bond donors (Lipinski definition) is 1. The first-order chi connectivity index (χ1) is 13.9. The van der Waals surface area contributed by atoms with Crippen LogP contribution in [0.4, 0.5) is 0 Å². The molecule has 0 unspecified atom stereocenters. The highest BCUT2D eigenvalue weighted by Gasteiger charge is 2.44. The van der Waals surface area contributed by atoms with Gasteiger partial charge in [-0.1, -0.05) is 74.4 Å². The Balaban J connectivity index is 1.91. The first-order valence-corrected chi connectivity index (χ1v) is 12.6. The van der Waals surface area contributed by atoms with Crippen LogP contribution in [-0.4, -0.2) is 19.3 Å². The highest BCUT2D eigenvalue weighted by Crippen LogP contribution is 2.55. The highest BCUT2D eigenvalue weighted by molar-refractivity contribution is 7.95. The van der Waals surface area contributed by atoms with Gasteiger partial charge in [-0.3, -0.25) is 0 Å². The van der Waals surface area contributed by atoms with E-state index in [2.05, 4.69) is 103 Å². The summed E-state index contributed by atoms with van der Waals surface area (Å²) in [5, 5.41) is 8.12. The van der Waals surface area contributed by atoms with Crippen LogP contribution in [0.5, 0.6) is 0 Å². The summed E-state index contributed by atoms with van der Waals surface area (Å²) >= 11 is 0. The number of unbranched alkanes of at least 4 members (excludes halogenated alkanes) is 2. The van der Waals surface area contributed by atoms with Crippen LogP contribution in [0.3, 0.4) is 0 Å². The van der Waals surface area contributed by atoms with Gasteiger partial charge in [-0.2, -0.15) is 0 Å². The summed E-state index contributed by atoms with van der Waals surface area (Å²) in [7, 11) is -1.65. The van der Waals surface area contributed by atoms with E-state index in [-0.39, 0.29) is 0 Å². The molecule has 0 saturated heterocycles. The quantitative estimate of drug-likeness (QED) is 0.353. The molecule has 0 aliphatic rings.